The van der Waals surface area contributed by atoms with Crippen molar-refractivity contribution >= 4 is 6.41 Å². The molecule has 3 rings (SSSR count). The monoisotopic (exact) mass is 352 g/mol. The molecule has 6 heteroatoms. The maximum atomic E-state index is 11.7. The van der Waals surface area contributed by atoms with Gasteiger partial charge in [-0.1, -0.05) is 30.3 Å². The number of benzene rings is 2. The lowest BCUT2D eigenvalue weighted by Crippen LogP contribution is -2.53. The van der Waals surface area contributed by atoms with Crippen molar-refractivity contribution in [3.05, 3.63) is 65.2 Å². The van der Waals surface area contributed by atoms with Crippen LogP contribution in [0.15, 0.2) is 48.5 Å². The highest BCUT2D eigenvalue weighted by Crippen LogP contribution is 2.43. The smallest absolute Gasteiger partial charge is 0.234 e. The topological polar surface area (TPSA) is 82.8 Å². The summed E-state index contributed by atoms with van der Waals surface area (Å²) in [7, 11) is 0. The molecule has 1 aliphatic rings. The largest absolute Gasteiger partial charge is 0.485 e. The van der Waals surface area contributed by atoms with E-state index >= 15 is 0 Å². The van der Waals surface area contributed by atoms with E-state index < -0.39 is 17.7 Å². The number of aliphatic hydroxyl groups is 1. The van der Waals surface area contributed by atoms with Gasteiger partial charge >= 0.3 is 0 Å². The van der Waals surface area contributed by atoms with Crippen LogP contribution in [0.2, 0.25) is 0 Å². The van der Waals surface area contributed by atoms with Gasteiger partial charge in [-0.05, 0) is 37.6 Å². The van der Waals surface area contributed by atoms with Crippen LogP contribution >= 0.6 is 0 Å². The van der Waals surface area contributed by atoms with Gasteiger partial charge in [0.1, 0.15) is 30.1 Å². The summed E-state index contributed by atoms with van der Waals surface area (Å²) in [5.41, 5.74) is 0.920. The van der Waals surface area contributed by atoms with E-state index in [0.717, 1.165) is 10.6 Å². The normalized spacial score (nSPS) is 20.4. The number of nitrogens with zero attached hydrogens (tertiary/aromatic N) is 2. The van der Waals surface area contributed by atoms with Crippen LogP contribution in [0.1, 0.15) is 36.6 Å². The standard InChI is InChI=1S/C20H20N2O4/c1-20(2)19(24)18(16-10-15(11-21)8-9-17(16)26-20)22(13-23)25-12-14-6-4-3-5-7-14/h3-10,13,18-19,24H,12H2,1-2H3/t18-,19+/m0/s1. The van der Waals surface area contributed by atoms with Crippen molar-refractivity contribution in [1.82, 2.24) is 5.06 Å². The Morgan fingerprint density at radius 1 is 1.31 bits per heavy atom. The van der Waals surface area contributed by atoms with Crippen molar-refractivity contribution in [2.24, 2.45) is 0 Å². The highest BCUT2D eigenvalue weighted by Gasteiger charge is 2.46. The SMILES string of the molecule is CC1(C)Oc2ccc(C#N)cc2[C@H](N(C=O)OCc2ccccc2)[C@H]1O. The zero-order chi connectivity index (χ0) is 18.7. The first-order chi connectivity index (χ1) is 12.5. The molecule has 2 atom stereocenters. The van der Waals surface area contributed by atoms with E-state index in [4.69, 9.17) is 9.57 Å². The van der Waals surface area contributed by atoms with Gasteiger partial charge in [0.15, 0.2) is 0 Å². The number of amides is 1. The quantitative estimate of drug-likeness (QED) is 0.661. The fourth-order valence-electron chi connectivity index (χ4n) is 3.01. The van der Waals surface area contributed by atoms with Crippen LogP contribution in [0.5, 0.6) is 5.75 Å². The Kier molecular flexibility index (Phi) is 4.94. The van der Waals surface area contributed by atoms with E-state index in [0.29, 0.717) is 23.3 Å². The highest BCUT2D eigenvalue weighted by molar-refractivity contribution is 5.52. The van der Waals surface area contributed by atoms with E-state index in [1.807, 2.05) is 30.3 Å². The van der Waals surface area contributed by atoms with Crippen molar-refractivity contribution in [3.63, 3.8) is 0 Å². The van der Waals surface area contributed by atoms with Crippen LogP contribution in [0, 0.1) is 11.3 Å². The Bertz CT molecular complexity index is 829. The van der Waals surface area contributed by atoms with Gasteiger partial charge in [-0.2, -0.15) is 5.26 Å². The van der Waals surface area contributed by atoms with Crippen molar-refractivity contribution < 1.29 is 19.5 Å². The molecule has 0 radical (unpaired) electrons. The summed E-state index contributed by atoms with van der Waals surface area (Å²) in [6.45, 7) is 3.66. The number of carbonyl (C=O) groups is 1. The van der Waals surface area contributed by atoms with Gasteiger partial charge in [-0.3, -0.25) is 9.63 Å². The van der Waals surface area contributed by atoms with Crippen LogP contribution in [0.25, 0.3) is 0 Å². The molecule has 2 aromatic carbocycles. The number of hydroxylamine groups is 2. The summed E-state index contributed by atoms with van der Waals surface area (Å²) in [4.78, 5) is 17.4. The summed E-state index contributed by atoms with van der Waals surface area (Å²) in [6.07, 6.45) is -0.494. The average molecular weight is 352 g/mol. The number of hydrogen-bond donors (Lipinski definition) is 1. The fraction of sp³-hybridized carbons (Fsp3) is 0.300. The molecular formula is C20H20N2O4. The number of aliphatic hydroxyl groups excluding tert-OH is 1. The number of nitriles is 1. The first kappa shape index (κ1) is 17.9. The maximum Gasteiger partial charge on any atom is 0.234 e. The zero-order valence-corrected chi connectivity index (χ0v) is 14.6. The second-order valence-electron chi connectivity index (χ2n) is 6.68. The number of rotatable bonds is 5. The predicted molar refractivity (Wildman–Crippen MR) is 93.7 cm³/mol. The molecule has 0 aliphatic carbocycles. The average Bonchev–Trinajstić information content (AvgIpc) is 2.65. The van der Waals surface area contributed by atoms with Gasteiger partial charge in [-0.25, -0.2) is 5.06 Å². The van der Waals surface area contributed by atoms with Crippen molar-refractivity contribution in [2.75, 3.05) is 0 Å². The second-order valence-corrected chi connectivity index (χ2v) is 6.68. The van der Waals surface area contributed by atoms with Crippen LogP contribution < -0.4 is 4.74 Å². The Hall–Kier alpha value is -2.88. The molecule has 134 valence electrons. The molecule has 6 nitrogen and oxygen atoms in total. The highest BCUT2D eigenvalue weighted by atomic mass is 16.7. The minimum Gasteiger partial charge on any atom is -0.485 e. The van der Waals surface area contributed by atoms with E-state index in [2.05, 4.69) is 6.07 Å². The Morgan fingerprint density at radius 3 is 2.69 bits per heavy atom. The fourth-order valence-corrected chi connectivity index (χ4v) is 3.01. The van der Waals surface area contributed by atoms with Crippen molar-refractivity contribution in [3.8, 4) is 11.8 Å². The van der Waals surface area contributed by atoms with Crippen LogP contribution in [0.4, 0.5) is 0 Å². The van der Waals surface area contributed by atoms with Gasteiger partial charge < -0.3 is 9.84 Å². The summed E-state index contributed by atoms with van der Waals surface area (Å²) < 4.78 is 5.86. The maximum absolute atomic E-state index is 11.7. The molecule has 1 N–H and O–H groups in total. The molecule has 1 heterocycles. The molecule has 0 spiro atoms. The van der Waals surface area contributed by atoms with Crippen LogP contribution in [-0.2, 0) is 16.2 Å². The molecule has 0 bridgehead atoms. The minimum absolute atomic E-state index is 0.178. The molecule has 0 fully saturated rings. The van der Waals surface area contributed by atoms with Crippen molar-refractivity contribution in [2.45, 2.75) is 38.2 Å². The number of ether oxygens (including phenoxy) is 1. The Morgan fingerprint density at radius 2 is 2.04 bits per heavy atom. The molecular weight excluding hydrogens is 332 g/mol. The first-order valence-electron chi connectivity index (χ1n) is 8.28. The summed E-state index contributed by atoms with van der Waals surface area (Å²) >= 11 is 0. The van der Waals surface area contributed by atoms with E-state index in [1.54, 1.807) is 32.0 Å². The van der Waals surface area contributed by atoms with Gasteiger partial charge in [0, 0.05) is 5.56 Å². The van der Waals surface area contributed by atoms with Crippen LogP contribution in [-0.4, -0.2) is 28.3 Å². The molecule has 1 amide bonds. The minimum atomic E-state index is -1.04. The third-order valence-electron chi connectivity index (χ3n) is 4.44. The molecule has 0 saturated carbocycles. The summed E-state index contributed by atoms with van der Waals surface area (Å²) in [5.74, 6) is 0.513. The van der Waals surface area contributed by atoms with Gasteiger partial charge in [0.25, 0.3) is 0 Å². The van der Waals surface area contributed by atoms with Gasteiger partial charge in [0.05, 0.1) is 11.6 Å². The van der Waals surface area contributed by atoms with Crippen molar-refractivity contribution in [1.29, 1.82) is 5.26 Å². The molecule has 2 aromatic rings. The molecule has 0 saturated heterocycles. The summed E-state index contributed by atoms with van der Waals surface area (Å²) in [5, 5.41) is 21.1. The Labute approximate surface area is 152 Å². The lowest BCUT2D eigenvalue weighted by atomic mass is 9.86. The first-order valence-corrected chi connectivity index (χ1v) is 8.28. The summed E-state index contributed by atoms with van der Waals surface area (Å²) in [6, 6.07) is 15.6. The molecule has 0 unspecified atom stereocenters. The number of hydrogen-bond acceptors (Lipinski definition) is 5. The number of carbonyl (C=O) groups excluding carboxylic acids is 1. The third kappa shape index (κ3) is 3.40. The third-order valence-corrected chi connectivity index (χ3v) is 4.44. The van der Waals surface area contributed by atoms with Gasteiger partial charge in [-0.15, -0.1) is 0 Å². The van der Waals surface area contributed by atoms with E-state index in [-0.39, 0.29) is 6.61 Å². The molecule has 26 heavy (non-hydrogen) atoms. The number of fused-ring (bicyclic) bond motifs is 1. The van der Waals surface area contributed by atoms with E-state index in [1.165, 1.54) is 0 Å². The lowest BCUT2D eigenvalue weighted by molar-refractivity contribution is -0.223. The zero-order valence-electron chi connectivity index (χ0n) is 14.6. The predicted octanol–water partition coefficient (Wildman–Crippen LogP) is 2.72. The van der Waals surface area contributed by atoms with Gasteiger partial charge in [0.2, 0.25) is 6.41 Å². The molecule has 0 aromatic heterocycles. The molecule has 1 aliphatic heterocycles. The Balaban J connectivity index is 1.94. The lowest BCUT2D eigenvalue weighted by Gasteiger charge is -2.44. The second kappa shape index (κ2) is 7.16. The van der Waals surface area contributed by atoms with Crippen LogP contribution in [0.3, 0.4) is 0 Å². The van der Waals surface area contributed by atoms with E-state index in [9.17, 15) is 15.2 Å².